The maximum absolute atomic E-state index is 14.7. The molecule has 20 heteroatoms. The van der Waals surface area contributed by atoms with Gasteiger partial charge in [-0.2, -0.15) is 0 Å². The minimum absolute atomic E-state index is 0.0134. The lowest BCUT2D eigenvalue weighted by Gasteiger charge is -2.31. The molecule has 20 nitrogen and oxygen atoms in total. The summed E-state index contributed by atoms with van der Waals surface area (Å²) in [5.41, 5.74) is 8.99. The summed E-state index contributed by atoms with van der Waals surface area (Å²) in [6, 6.07) is 19.1. The SMILES string of the molecule is CC[C@H](C)[C@H](NC(=O)CC(O)C(CC(C)C)NC(=O)[C@H](Cc1ccccc1)NC(=O)[C@H](Cc1ccccc1)NC(=O)[C@@H]1CCCN1C(=O)[C@H](Cc1cnc[nH]1)NC(=O)[C@@H]1CCCN1)C(=O)NC(=O)[C@@H](N)Cc1ccccc1. The Morgan fingerprint density at radius 2 is 1.27 bits per heavy atom. The molecule has 2 fully saturated rings. The van der Waals surface area contributed by atoms with E-state index >= 15 is 0 Å². The van der Waals surface area contributed by atoms with E-state index in [1.807, 2.05) is 75.4 Å². The van der Waals surface area contributed by atoms with Gasteiger partial charge in [-0.05, 0) is 73.6 Å². The summed E-state index contributed by atoms with van der Waals surface area (Å²) in [6.45, 7) is 8.28. The van der Waals surface area contributed by atoms with Gasteiger partial charge in [0.25, 0.3) is 0 Å². The summed E-state index contributed by atoms with van der Waals surface area (Å²) in [4.78, 5) is 120. The number of nitrogens with one attached hydrogen (secondary N) is 8. The Kier molecular flexibility index (Phi) is 22.4. The molecule has 2 aliphatic heterocycles. The minimum atomic E-state index is -1.45. The highest BCUT2D eigenvalue weighted by Crippen LogP contribution is 2.21. The molecule has 0 saturated carbocycles. The van der Waals surface area contributed by atoms with Crippen molar-refractivity contribution in [2.24, 2.45) is 17.6 Å². The van der Waals surface area contributed by atoms with Gasteiger partial charge in [0.05, 0.1) is 37.0 Å². The molecule has 10 atom stereocenters. The van der Waals surface area contributed by atoms with Gasteiger partial charge in [-0.1, -0.05) is 125 Å². The lowest BCUT2D eigenvalue weighted by molar-refractivity contribution is -0.142. The Morgan fingerprint density at radius 1 is 0.688 bits per heavy atom. The standard InChI is InChI=1S/C57H77N11O9/c1-5-36(4)50(56(76)67-51(71)41(58)28-37-17-9-6-10-18-37)66-49(70)32-48(69)43(27-35(2)3)62-53(73)44(29-38-19-11-7-12-20-38)63-54(74)45(30-39-21-13-8-14-22-39)64-55(75)47-24-16-26-68(47)57(77)46(31-40-33-59-34-61-40)65-52(72)42-23-15-25-60-42/h6-14,17-22,33-36,41-48,50,60,69H,5,15-16,23-32,58H2,1-4H3,(H,59,61)(H,62,73)(H,63,74)(H,64,75)(H,65,72)(H,66,70)(H,67,71,76)/t36-,41-,42-,43?,44-,45-,46-,47-,48?,50-/m0/s1. The van der Waals surface area contributed by atoms with Gasteiger partial charge in [0.2, 0.25) is 47.3 Å². The third-order valence-electron chi connectivity index (χ3n) is 14.2. The molecule has 11 N–H and O–H groups in total. The van der Waals surface area contributed by atoms with Crippen molar-refractivity contribution in [1.29, 1.82) is 0 Å². The maximum atomic E-state index is 14.7. The van der Waals surface area contributed by atoms with Crippen molar-refractivity contribution in [2.45, 2.75) is 153 Å². The van der Waals surface area contributed by atoms with Crippen LogP contribution in [0.5, 0.6) is 0 Å². The van der Waals surface area contributed by atoms with Crippen LogP contribution >= 0.6 is 0 Å². The van der Waals surface area contributed by atoms with Crippen LogP contribution in [-0.4, -0.2) is 135 Å². The first-order valence-corrected chi connectivity index (χ1v) is 26.9. The minimum Gasteiger partial charge on any atom is -0.390 e. The Hall–Kier alpha value is -7.29. The number of hydrogen-bond donors (Lipinski definition) is 10. The van der Waals surface area contributed by atoms with E-state index in [4.69, 9.17) is 5.73 Å². The van der Waals surface area contributed by atoms with Gasteiger partial charge < -0.3 is 52.6 Å². The molecule has 2 saturated heterocycles. The number of aromatic nitrogens is 2. The number of aliphatic hydroxyl groups excluding tert-OH is 1. The summed E-state index contributed by atoms with van der Waals surface area (Å²) >= 11 is 0. The Labute approximate surface area is 450 Å². The number of aromatic amines is 1. The molecule has 6 rings (SSSR count). The van der Waals surface area contributed by atoms with Crippen molar-refractivity contribution >= 4 is 47.3 Å². The number of aliphatic hydroxyl groups is 1. The quantitative estimate of drug-likeness (QED) is 0.0408. The highest BCUT2D eigenvalue weighted by atomic mass is 16.3. The van der Waals surface area contributed by atoms with E-state index in [2.05, 4.69) is 47.2 Å². The first-order chi connectivity index (χ1) is 37.0. The molecule has 77 heavy (non-hydrogen) atoms. The fourth-order valence-corrected chi connectivity index (χ4v) is 9.78. The average molecular weight is 1060 g/mol. The van der Waals surface area contributed by atoms with Gasteiger partial charge in [0.1, 0.15) is 30.2 Å². The molecule has 1 aromatic heterocycles. The molecule has 0 aliphatic carbocycles. The summed E-state index contributed by atoms with van der Waals surface area (Å²) < 4.78 is 0. The molecule has 3 aromatic carbocycles. The first kappa shape index (κ1) is 59.0. The fraction of sp³-hybridized carbons (Fsp3) is 0.491. The van der Waals surface area contributed by atoms with Gasteiger partial charge in [-0.15, -0.1) is 0 Å². The number of carbonyl (C=O) groups is 8. The van der Waals surface area contributed by atoms with Crippen molar-refractivity contribution in [3.8, 4) is 0 Å². The van der Waals surface area contributed by atoms with Crippen LogP contribution in [0.4, 0.5) is 0 Å². The van der Waals surface area contributed by atoms with Gasteiger partial charge >= 0.3 is 0 Å². The van der Waals surface area contributed by atoms with E-state index < -0.39 is 108 Å². The van der Waals surface area contributed by atoms with Gasteiger partial charge in [0.15, 0.2) is 0 Å². The van der Waals surface area contributed by atoms with Crippen LogP contribution in [0.15, 0.2) is 104 Å². The van der Waals surface area contributed by atoms with E-state index in [1.165, 1.54) is 11.2 Å². The number of rotatable bonds is 27. The molecule has 0 bridgehead atoms. The average Bonchev–Trinajstić information content (AvgIpc) is 4.25. The third-order valence-corrected chi connectivity index (χ3v) is 14.2. The molecule has 414 valence electrons. The van der Waals surface area contributed by atoms with Gasteiger partial charge in [-0.25, -0.2) is 4.98 Å². The molecular formula is C57H77N11O9. The normalized spacial score (nSPS) is 18.4. The second-order valence-electron chi connectivity index (χ2n) is 20.8. The van der Waals surface area contributed by atoms with Gasteiger partial charge in [0, 0.05) is 37.7 Å². The molecule has 2 unspecified atom stereocenters. The summed E-state index contributed by atoms with van der Waals surface area (Å²) in [6.07, 6.45) is 4.37. The monoisotopic (exact) mass is 1060 g/mol. The van der Waals surface area contributed by atoms with Crippen LogP contribution < -0.4 is 43.0 Å². The topological polar surface area (TPSA) is 299 Å². The molecule has 2 aliphatic rings. The Bertz CT molecular complexity index is 2560. The molecule has 0 radical (unpaired) electrons. The number of benzene rings is 3. The molecular weight excluding hydrogens is 983 g/mol. The van der Waals surface area contributed by atoms with Crippen LogP contribution in [0.2, 0.25) is 0 Å². The Balaban J connectivity index is 1.16. The van der Waals surface area contributed by atoms with Crippen LogP contribution in [-0.2, 0) is 64.0 Å². The van der Waals surface area contributed by atoms with Crippen molar-refractivity contribution in [3.05, 3.63) is 126 Å². The zero-order chi connectivity index (χ0) is 55.4. The zero-order valence-corrected chi connectivity index (χ0v) is 44.5. The van der Waals surface area contributed by atoms with Crippen LogP contribution in [0.1, 0.15) is 95.0 Å². The molecule has 0 spiro atoms. The summed E-state index contributed by atoms with van der Waals surface area (Å²) in [5.74, 6) is -5.33. The summed E-state index contributed by atoms with van der Waals surface area (Å²) in [5, 5.41) is 31.5. The molecule has 4 aromatic rings. The van der Waals surface area contributed by atoms with Gasteiger partial charge in [-0.3, -0.25) is 43.7 Å². The van der Waals surface area contributed by atoms with E-state index in [-0.39, 0.29) is 50.5 Å². The van der Waals surface area contributed by atoms with E-state index in [0.717, 1.165) is 12.0 Å². The van der Waals surface area contributed by atoms with Crippen LogP contribution in [0.25, 0.3) is 0 Å². The van der Waals surface area contributed by atoms with Crippen molar-refractivity contribution in [1.82, 2.24) is 52.1 Å². The fourth-order valence-electron chi connectivity index (χ4n) is 9.78. The Morgan fingerprint density at radius 3 is 1.83 bits per heavy atom. The first-order valence-electron chi connectivity index (χ1n) is 26.9. The van der Waals surface area contributed by atoms with E-state index in [9.17, 15) is 43.5 Å². The largest absolute Gasteiger partial charge is 0.390 e. The predicted octanol–water partition coefficient (Wildman–Crippen LogP) is 1.66. The smallest absolute Gasteiger partial charge is 0.249 e. The van der Waals surface area contributed by atoms with Crippen LogP contribution in [0.3, 0.4) is 0 Å². The van der Waals surface area contributed by atoms with Crippen LogP contribution in [0, 0.1) is 11.8 Å². The van der Waals surface area contributed by atoms with Crippen molar-refractivity contribution < 1.29 is 43.5 Å². The number of imidazole rings is 1. The lowest BCUT2D eigenvalue weighted by atomic mass is 9.95. The van der Waals surface area contributed by atoms with E-state index in [0.29, 0.717) is 49.0 Å². The molecule has 3 heterocycles. The number of H-pyrrole nitrogens is 1. The third kappa shape index (κ3) is 17.9. The molecule has 8 amide bonds. The summed E-state index contributed by atoms with van der Waals surface area (Å²) in [7, 11) is 0. The number of nitrogens with two attached hydrogens (primary N) is 1. The number of carbonyl (C=O) groups excluding carboxylic acids is 8. The van der Waals surface area contributed by atoms with Crippen molar-refractivity contribution in [3.63, 3.8) is 0 Å². The predicted molar refractivity (Wildman–Crippen MR) is 289 cm³/mol. The number of hydrogen-bond acceptors (Lipinski definition) is 12. The van der Waals surface area contributed by atoms with Crippen molar-refractivity contribution in [2.75, 3.05) is 13.1 Å². The highest BCUT2D eigenvalue weighted by molar-refractivity contribution is 6.01. The lowest BCUT2D eigenvalue weighted by Crippen LogP contribution is -2.60. The second-order valence-corrected chi connectivity index (χ2v) is 20.8. The second kappa shape index (κ2) is 29.3. The zero-order valence-electron chi connectivity index (χ0n) is 44.5. The van der Waals surface area contributed by atoms with E-state index in [1.54, 1.807) is 49.5 Å². The maximum Gasteiger partial charge on any atom is 0.249 e. The highest BCUT2D eigenvalue weighted by Gasteiger charge is 2.41. The number of amides is 8. The number of likely N-dealkylation sites (tertiary alicyclic amines) is 1. The number of nitrogens with zero attached hydrogens (tertiary/aromatic N) is 2. The number of imide groups is 1.